The van der Waals surface area contributed by atoms with E-state index in [1.165, 1.54) is 45.2 Å². The fourth-order valence-corrected chi connectivity index (χ4v) is 3.62. The van der Waals surface area contributed by atoms with Crippen molar-refractivity contribution in [1.29, 1.82) is 0 Å². The van der Waals surface area contributed by atoms with Crippen LogP contribution in [-0.2, 0) is 4.79 Å². The van der Waals surface area contributed by atoms with Gasteiger partial charge >= 0.3 is 0 Å². The lowest BCUT2D eigenvalue weighted by Crippen LogP contribution is -2.46. The molecule has 1 amide bonds. The van der Waals surface area contributed by atoms with Crippen molar-refractivity contribution in [3.8, 4) is 0 Å². The van der Waals surface area contributed by atoms with Gasteiger partial charge in [0.2, 0.25) is 5.91 Å². The standard InChI is InChI=1S/C14H27N3O/c1-11(6-7-14(18)16-15)17-9-8-12-4-2-3-5-13(12)10-17/h11-13H,2-10,15H2,1H3,(H,16,18). The third-order valence-electron chi connectivity index (χ3n) is 4.90. The van der Waals surface area contributed by atoms with Gasteiger partial charge in [0.15, 0.2) is 0 Å². The number of hydrazine groups is 1. The molecule has 0 bridgehead atoms. The van der Waals surface area contributed by atoms with Crippen LogP contribution in [0.1, 0.15) is 51.9 Å². The molecule has 2 rings (SSSR count). The summed E-state index contributed by atoms with van der Waals surface area (Å²) in [6, 6.07) is 0.505. The Morgan fingerprint density at radius 1 is 1.33 bits per heavy atom. The highest BCUT2D eigenvalue weighted by molar-refractivity contribution is 5.75. The molecule has 3 atom stereocenters. The Balaban J connectivity index is 1.77. The normalized spacial score (nSPS) is 30.6. The lowest BCUT2D eigenvalue weighted by atomic mass is 9.75. The number of carbonyl (C=O) groups is 1. The number of nitrogens with two attached hydrogens (primary N) is 1. The monoisotopic (exact) mass is 253 g/mol. The average Bonchev–Trinajstić information content (AvgIpc) is 2.43. The summed E-state index contributed by atoms with van der Waals surface area (Å²) in [5, 5.41) is 0. The third-order valence-corrected chi connectivity index (χ3v) is 4.90. The first-order valence-electron chi connectivity index (χ1n) is 7.44. The van der Waals surface area contributed by atoms with Crippen molar-refractivity contribution >= 4 is 5.91 Å². The van der Waals surface area contributed by atoms with Crippen molar-refractivity contribution < 1.29 is 4.79 Å². The zero-order valence-corrected chi connectivity index (χ0v) is 11.5. The van der Waals surface area contributed by atoms with Gasteiger partial charge in [-0.15, -0.1) is 0 Å². The highest BCUT2D eigenvalue weighted by atomic mass is 16.2. The van der Waals surface area contributed by atoms with Crippen LogP contribution in [0.2, 0.25) is 0 Å². The van der Waals surface area contributed by atoms with E-state index in [-0.39, 0.29) is 5.91 Å². The van der Waals surface area contributed by atoms with E-state index in [1.54, 1.807) is 0 Å². The molecule has 3 unspecified atom stereocenters. The molecule has 1 aliphatic heterocycles. The van der Waals surface area contributed by atoms with E-state index in [0.29, 0.717) is 12.5 Å². The minimum Gasteiger partial charge on any atom is -0.300 e. The first kappa shape index (κ1) is 13.8. The SMILES string of the molecule is CC(CCC(=O)NN)N1CCC2CCCCC2C1. The molecule has 0 aromatic heterocycles. The third kappa shape index (κ3) is 3.45. The minimum atomic E-state index is -0.0468. The molecule has 0 aromatic rings. The first-order chi connectivity index (χ1) is 8.70. The Bertz CT molecular complexity index is 282. The predicted molar refractivity (Wildman–Crippen MR) is 72.7 cm³/mol. The van der Waals surface area contributed by atoms with Crippen molar-refractivity contribution in [2.75, 3.05) is 13.1 Å². The molecule has 4 nitrogen and oxygen atoms in total. The van der Waals surface area contributed by atoms with E-state index in [0.717, 1.165) is 18.3 Å². The van der Waals surface area contributed by atoms with Crippen molar-refractivity contribution in [2.24, 2.45) is 17.7 Å². The Hall–Kier alpha value is -0.610. The Morgan fingerprint density at radius 3 is 2.78 bits per heavy atom. The van der Waals surface area contributed by atoms with E-state index in [2.05, 4.69) is 17.2 Å². The Kier molecular flexibility index (Phi) is 5.01. The van der Waals surface area contributed by atoms with Gasteiger partial charge in [-0.25, -0.2) is 5.84 Å². The number of hydrogen-bond acceptors (Lipinski definition) is 3. The number of likely N-dealkylation sites (tertiary alicyclic amines) is 1. The van der Waals surface area contributed by atoms with Crippen molar-refractivity contribution in [2.45, 2.75) is 57.9 Å². The van der Waals surface area contributed by atoms with E-state index in [9.17, 15) is 4.79 Å². The summed E-state index contributed by atoms with van der Waals surface area (Å²) < 4.78 is 0. The second kappa shape index (κ2) is 6.53. The van der Waals surface area contributed by atoms with Crippen LogP contribution in [0.15, 0.2) is 0 Å². The Morgan fingerprint density at radius 2 is 2.06 bits per heavy atom. The van der Waals surface area contributed by atoms with Crippen LogP contribution < -0.4 is 11.3 Å². The molecule has 1 saturated heterocycles. The minimum absolute atomic E-state index is 0.0468. The van der Waals surface area contributed by atoms with Gasteiger partial charge in [0, 0.05) is 19.0 Å². The lowest BCUT2D eigenvalue weighted by Gasteiger charge is -2.43. The molecule has 104 valence electrons. The summed E-state index contributed by atoms with van der Waals surface area (Å²) in [7, 11) is 0. The Labute approximate surface area is 110 Å². The van der Waals surface area contributed by atoms with Crippen LogP contribution in [0.25, 0.3) is 0 Å². The molecule has 1 saturated carbocycles. The summed E-state index contributed by atoms with van der Waals surface area (Å²) in [4.78, 5) is 13.8. The van der Waals surface area contributed by atoms with Crippen LogP contribution in [0.4, 0.5) is 0 Å². The number of nitrogens with zero attached hydrogens (tertiary/aromatic N) is 1. The maximum Gasteiger partial charge on any atom is 0.233 e. The molecule has 3 N–H and O–H groups in total. The molecule has 0 radical (unpaired) electrons. The van der Waals surface area contributed by atoms with Gasteiger partial charge in [-0.3, -0.25) is 10.2 Å². The number of carbonyl (C=O) groups excluding carboxylic acids is 1. The van der Waals surface area contributed by atoms with Gasteiger partial charge in [0.1, 0.15) is 0 Å². The zero-order valence-electron chi connectivity index (χ0n) is 11.5. The summed E-state index contributed by atoms with van der Waals surface area (Å²) in [5.74, 6) is 6.96. The summed E-state index contributed by atoms with van der Waals surface area (Å²) in [5.41, 5.74) is 2.21. The molecule has 4 heteroatoms. The summed E-state index contributed by atoms with van der Waals surface area (Å²) >= 11 is 0. The van der Waals surface area contributed by atoms with Gasteiger partial charge in [-0.05, 0) is 44.6 Å². The molecular formula is C14H27N3O. The van der Waals surface area contributed by atoms with Gasteiger partial charge < -0.3 is 4.90 Å². The number of piperidine rings is 1. The maximum atomic E-state index is 11.2. The van der Waals surface area contributed by atoms with Crippen LogP contribution in [0.5, 0.6) is 0 Å². The van der Waals surface area contributed by atoms with E-state index < -0.39 is 0 Å². The largest absolute Gasteiger partial charge is 0.300 e. The summed E-state index contributed by atoms with van der Waals surface area (Å²) in [6.07, 6.45) is 8.53. The molecular weight excluding hydrogens is 226 g/mol. The van der Waals surface area contributed by atoms with Crippen molar-refractivity contribution in [3.63, 3.8) is 0 Å². The van der Waals surface area contributed by atoms with Crippen LogP contribution in [0, 0.1) is 11.8 Å². The van der Waals surface area contributed by atoms with Crippen LogP contribution >= 0.6 is 0 Å². The smallest absolute Gasteiger partial charge is 0.233 e. The number of rotatable bonds is 4. The van der Waals surface area contributed by atoms with E-state index in [1.807, 2.05) is 0 Å². The quantitative estimate of drug-likeness (QED) is 0.455. The molecule has 18 heavy (non-hydrogen) atoms. The van der Waals surface area contributed by atoms with Crippen LogP contribution in [0.3, 0.4) is 0 Å². The topological polar surface area (TPSA) is 58.4 Å². The maximum absolute atomic E-state index is 11.2. The van der Waals surface area contributed by atoms with Crippen molar-refractivity contribution in [3.05, 3.63) is 0 Å². The molecule has 0 aromatic carbocycles. The highest BCUT2D eigenvalue weighted by Crippen LogP contribution is 2.36. The highest BCUT2D eigenvalue weighted by Gasteiger charge is 2.32. The molecule has 2 fully saturated rings. The van der Waals surface area contributed by atoms with Crippen molar-refractivity contribution in [1.82, 2.24) is 10.3 Å². The van der Waals surface area contributed by atoms with E-state index >= 15 is 0 Å². The number of hydrogen-bond donors (Lipinski definition) is 2. The fourth-order valence-electron chi connectivity index (χ4n) is 3.62. The van der Waals surface area contributed by atoms with Gasteiger partial charge in [-0.2, -0.15) is 0 Å². The predicted octanol–water partition coefficient (Wildman–Crippen LogP) is 1.66. The molecule has 0 spiro atoms. The number of nitrogens with one attached hydrogen (secondary N) is 1. The zero-order chi connectivity index (χ0) is 13.0. The first-order valence-corrected chi connectivity index (χ1v) is 7.44. The lowest BCUT2D eigenvalue weighted by molar-refractivity contribution is -0.121. The van der Waals surface area contributed by atoms with Gasteiger partial charge in [0.25, 0.3) is 0 Å². The number of amides is 1. The van der Waals surface area contributed by atoms with E-state index in [4.69, 9.17) is 5.84 Å². The second-order valence-electron chi connectivity index (χ2n) is 6.04. The summed E-state index contributed by atoms with van der Waals surface area (Å²) in [6.45, 7) is 4.70. The molecule has 2 aliphatic rings. The van der Waals surface area contributed by atoms with Gasteiger partial charge in [0.05, 0.1) is 0 Å². The average molecular weight is 253 g/mol. The van der Waals surface area contributed by atoms with Gasteiger partial charge in [-0.1, -0.05) is 19.3 Å². The molecule has 1 heterocycles. The molecule has 1 aliphatic carbocycles. The second-order valence-corrected chi connectivity index (χ2v) is 6.04. The number of fused-ring (bicyclic) bond motifs is 1. The fraction of sp³-hybridized carbons (Fsp3) is 0.929. The van der Waals surface area contributed by atoms with Crippen LogP contribution in [-0.4, -0.2) is 29.9 Å².